The van der Waals surface area contributed by atoms with Crippen LogP contribution in [-0.4, -0.2) is 35.3 Å². The zero-order chi connectivity index (χ0) is 22.7. The molecule has 2 amide bonds. The van der Waals surface area contributed by atoms with Crippen LogP contribution in [0.5, 0.6) is 0 Å². The van der Waals surface area contributed by atoms with Crippen molar-refractivity contribution < 1.29 is 9.59 Å². The fourth-order valence-electron chi connectivity index (χ4n) is 3.62. The molecule has 0 radical (unpaired) electrons. The summed E-state index contributed by atoms with van der Waals surface area (Å²) < 4.78 is 0. The van der Waals surface area contributed by atoms with Crippen LogP contribution < -0.4 is 5.32 Å². The fourth-order valence-corrected chi connectivity index (χ4v) is 4.68. The molecule has 0 aliphatic carbocycles. The number of amides is 2. The van der Waals surface area contributed by atoms with E-state index in [-0.39, 0.29) is 18.4 Å². The van der Waals surface area contributed by atoms with E-state index in [0.717, 1.165) is 39.4 Å². The quantitative estimate of drug-likeness (QED) is 0.570. The zero-order valence-electron chi connectivity index (χ0n) is 19.0. The standard InChI is InChI=1S/C25H29N3O2S/c1-7-19-8-10-20(11-9-19)24-26-18(5)23(31-24)25(30)28(6)14-21(29)27-22-16(3)12-15(2)13-17(22)4/h8-13H,7,14H2,1-6H3,(H,27,29). The molecule has 0 fully saturated rings. The van der Waals surface area contributed by atoms with E-state index < -0.39 is 0 Å². The third kappa shape index (κ3) is 5.20. The van der Waals surface area contributed by atoms with Crippen molar-refractivity contribution in [3.05, 3.63) is 69.2 Å². The third-order valence-corrected chi connectivity index (χ3v) is 6.46. The van der Waals surface area contributed by atoms with Gasteiger partial charge in [0.15, 0.2) is 0 Å². The molecular formula is C25H29N3O2S. The van der Waals surface area contributed by atoms with E-state index in [4.69, 9.17) is 0 Å². The lowest BCUT2D eigenvalue weighted by Gasteiger charge is -2.18. The summed E-state index contributed by atoms with van der Waals surface area (Å²) in [6.45, 7) is 9.90. The Morgan fingerprint density at radius 2 is 1.65 bits per heavy atom. The number of anilines is 1. The number of carbonyl (C=O) groups excluding carboxylic acids is 2. The summed E-state index contributed by atoms with van der Waals surface area (Å²) in [5.41, 5.74) is 6.92. The van der Waals surface area contributed by atoms with Gasteiger partial charge in [-0.25, -0.2) is 4.98 Å². The lowest BCUT2D eigenvalue weighted by molar-refractivity contribution is -0.116. The molecule has 0 unspecified atom stereocenters. The summed E-state index contributed by atoms with van der Waals surface area (Å²) >= 11 is 1.37. The molecule has 0 saturated carbocycles. The van der Waals surface area contributed by atoms with Crippen LogP contribution in [0, 0.1) is 27.7 Å². The second-order valence-corrected chi connectivity index (χ2v) is 8.97. The highest BCUT2D eigenvalue weighted by Gasteiger charge is 2.21. The minimum Gasteiger partial charge on any atom is -0.332 e. The topological polar surface area (TPSA) is 62.3 Å². The van der Waals surface area contributed by atoms with Gasteiger partial charge in [-0.1, -0.05) is 48.9 Å². The molecule has 1 aromatic heterocycles. The Bertz CT molecular complexity index is 1090. The molecule has 2 aromatic carbocycles. The maximum Gasteiger partial charge on any atom is 0.266 e. The Morgan fingerprint density at radius 3 is 2.23 bits per heavy atom. The third-order valence-electron chi connectivity index (χ3n) is 5.27. The van der Waals surface area contributed by atoms with Gasteiger partial charge in [0.05, 0.1) is 12.2 Å². The van der Waals surface area contributed by atoms with Gasteiger partial charge >= 0.3 is 0 Å². The summed E-state index contributed by atoms with van der Waals surface area (Å²) in [6, 6.07) is 12.3. The molecule has 5 nitrogen and oxygen atoms in total. The number of carbonyl (C=O) groups is 2. The predicted octanol–water partition coefficient (Wildman–Crippen LogP) is 5.32. The van der Waals surface area contributed by atoms with Crippen molar-refractivity contribution in [1.82, 2.24) is 9.88 Å². The first-order chi connectivity index (χ1) is 14.7. The Morgan fingerprint density at radius 1 is 1.03 bits per heavy atom. The lowest BCUT2D eigenvalue weighted by atomic mass is 10.1. The average molecular weight is 436 g/mol. The predicted molar refractivity (Wildman–Crippen MR) is 128 cm³/mol. The lowest BCUT2D eigenvalue weighted by Crippen LogP contribution is -2.35. The number of aryl methyl sites for hydroxylation is 5. The number of likely N-dealkylation sites (N-methyl/N-ethyl adjacent to an activating group) is 1. The van der Waals surface area contributed by atoms with E-state index in [2.05, 4.69) is 29.4 Å². The molecule has 0 saturated heterocycles. The summed E-state index contributed by atoms with van der Waals surface area (Å²) in [4.78, 5) is 32.2. The molecule has 31 heavy (non-hydrogen) atoms. The van der Waals surface area contributed by atoms with E-state index in [1.54, 1.807) is 7.05 Å². The van der Waals surface area contributed by atoms with Crippen LogP contribution in [0.4, 0.5) is 5.69 Å². The second kappa shape index (κ2) is 9.43. The van der Waals surface area contributed by atoms with Gasteiger partial charge in [-0.3, -0.25) is 9.59 Å². The number of hydrogen-bond donors (Lipinski definition) is 1. The Balaban J connectivity index is 1.71. The molecule has 0 spiro atoms. The number of benzene rings is 2. The molecule has 6 heteroatoms. The summed E-state index contributed by atoms with van der Waals surface area (Å²) in [5, 5.41) is 3.77. The first-order valence-electron chi connectivity index (χ1n) is 10.4. The van der Waals surface area contributed by atoms with E-state index in [9.17, 15) is 9.59 Å². The van der Waals surface area contributed by atoms with Gasteiger partial charge in [-0.15, -0.1) is 11.3 Å². The molecule has 1 N–H and O–H groups in total. The molecule has 0 atom stereocenters. The number of aromatic nitrogens is 1. The largest absolute Gasteiger partial charge is 0.332 e. The first kappa shape index (κ1) is 22.7. The molecule has 1 heterocycles. The van der Waals surface area contributed by atoms with Gasteiger partial charge in [-0.2, -0.15) is 0 Å². The van der Waals surface area contributed by atoms with E-state index in [1.165, 1.54) is 21.8 Å². The Labute approximate surface area is 188 Å². The number of thiazole rings is 1. The summed E-state index contributed by atoms with van der Waals surface area (Å²) in [5.74, 6) is -0.414. The van der Waals surface area contributed by atoms with Crippen LogP contribution in [0.25, 0.3) is 10.6 Å². The van der Waals surface area contributed by atoms with Gasteiger partial charge in [0.2, 0.25) is 5.91 Å². The SMILES string of the molecule is CCc1ccc(-c2nc(C)c(C(=O)N(C)CC(=O)Nc3c(C)cc(C)cc3C)s2)cc1. The maximum absolute atomic E-state index is 13.0. The van der Waals surface area contributed by atoms with E-state index >= 15 is 0 Å². The summed E-state index contributed by atoms with van der Waals surface area (Å²) in [6.07, 6.45) is 0.982. The number of nitrogens with one attached hydrogen (secondary N) is 1. The molecular weight excluding hydrogens is 406 g/mol. The monoisotopic (exact) mass is 435 g/mol. The molecule has 0 bridgehead atoms. The number of rotatable bonds is 6. The maximum atomic E-state index is 13.0. The van der Waals surface area contributed by atoms with Crippen LogP contribution in [0.1, 0.15) is 44.5 Å². The minimum atomic E-state index is -0.219. The first-order valence-corrected chi connectivity index (χ1v) is 11.2. The smallest absolute Gasteiger partial charge is 0.266 e. The Kier molecular flexibility index (Phi) is 6.91. The molecule has 0 aliphatic rings. The molecule has 0 aliphatic heterocycles. The van der Waals surface area contributed by atoms with E-state index in [1.807, 2.05) is 52.0 Å². The second-order valence-electron chi connectivity index (χ2n) is 7.97. The van der Waals surface area contributed by atoms with Gasteiger partial charge < -0.3 is 10.2 Å². The minimum absolute atomic E-state index is 0.0243. The number of nitrogens with zero attached hydrogens (tertiary/aromatic N) is 2. The van der Waals surface area contributed by atoms with Crippen LogP contribution in [-0.2, 0) is 11.2 Å². The number of hydrogen-bond acceptors (Lipinski definition) is 4. The normalized spacial score (nSPS) is 10.8. The van der Waals surface area contributed by atoms with Crippen molar-refractivity contribution in [2.24, 2.45) is 0 Å². The van der Waals surface area contributed by atoms with Gasteiger partial charge in [0.1, 0.15) is 9.88 Å². The summed E-state index contributed by atoms with van der Waals surface area (Å²) in [7, 11) is 1.64. The van der Waals surface area contributed by atoms with Crippen LogP contribution in [0.15, 0.2) is 36.4 Å². The molecule has 3 aromatic rings. The highest BCUT2D eigenvalue weighted by molar-refractivity contribution is 7.17. The van der Waals surface area contributed by atoms with Gasteiger partial charge in [-0.05, 0) is 50.8 Å². The molecule has 162 valence electrons. The van der Waals surface area contributed by atoms with Crippen LogP contribution in [0.2, 0.25) is 0 Å². The van der Waals surface area contributed by atoms with Crippen molar-refractivity contribution in [2.75, 3.05) is 18.9 Å². The van der Waals surface area contributed by atoms with Gasteiger partial charge in [0, 0.05) is 18.3 Å². The van der Waals surface area contributed by atoms with E-state index in [0.29, 0.717) is 10.6 Å². The van der Waals surface area contributed by atoms with Crippen molar-refractivity contribution in [1.29, 1.82) is 0 Å². The van der Waals surface area contributed by atoms with Crippen molar-refractivity contribution >= 4 is 28.8 Å². The highest BCUT2D eigenvalue weighted by atomic mass is 32.1. The highest BCUT2D eigenvalue weighted by Crippen LogP contribution is 2.29. The van der Waals surface area contributed by atoms with Gasteiger partial charge in [0.25, 0.3) is 5.91 Å². The van der Waals surface area contributed by atoms with Crippen molar-refractivity contribution in [3.8, 4) is 10.6 Å². The Hall–Kier alpha value is -2.99. The average Bonchev–Trinajstić information content (AvgIpc) is 3.11. The van der Waals surface area contributed by atoms with Crippen molar-refractivity contribution in [2.45, 2.75) is 41.0 Å². The fraction of sp³-hybridized carbons (Fsp3) is 0.320. The van der Waals surface area contributed by atoms with Crippen molar-refractivity contribution in [3.63, 3.8) is 0 Å². The zero-order valence-corrected chi connectivity index (χ0v) is 19.8. The molecule has 3 rings (SSSR count). The van der Waals surface area contributed by atoms with Crippen LogP contribution >= 0.6 is 11.3 Å². The van der Waals surface area contributed by atoms with Crippen LogP contribution in [0.3, 0.4) is 0 Å².